The number of rotatable bonds is 7. The highest BCUT2D eigenvalue weighted by atomic mass is 16.5. The molecule has 0 unspecified atom stereocenters. The van der Waals surface area contributed by atoms with Crippen LogP contribution in [0.15, 0.2) is 36.5 Å². The Morgan fingerprint density at radius 2 is 2.17 bits per heavy atom. The molecule has 2 rings (SSSR count). The Morgan fingerprint density at radius 1 is 1.35 bits per heavy atom. The van der Waals surface area contributed by atoms with Gasteiger partial charge in [0.05, 0.1) is 12.7 Å². The lowest BCUT2D eigenvalue weighted by Gasteiger charge is -2.08. The van der Waals surface area contributed by atoms with Crippen LogP contribution in [0.2, 0.25) is 0 Å². The lowest BCUT2D eigenvalue weighted by Crippen LogP contribution is -2.10. The summed E-state index contributed by atoms with van der Waals surface area (Å²) in [6.07, 6.45) is 3.51. The van der Waals surface area contributed by atoms with E-state index in [-0.39, 0.29) is 5.91 Å². The van der Waals surface area contributed by atoms with Gasteiger partial charge in [-0.25, -0.2) is 4.98 Å². The van der Waals surface area contributed by atoms with E-state index in [4.69, 9.17) is 20.5 Å². The number of benzene rings is 1. The monoisotopic (exact) mass is 311 g/mol. The van der Waals surface area contributed by atoms with Crippen LogP contribution in [0.25, 0.3) is 0 Å². The van der Waals surface area contributed by atoms with Crippen molar-refractivity contribution in [2.45, 2.75) is 19.3 Å². The summed E-state index contributed by atoms with van der Waals surface area (Å²) in [5.41, 5.74) is 6.56. The minimum atomic E-state index is -0.298. The van der Waals surface area contributed by atoms with Crippen LogP contribution in [-0.4, -0.2) is 18.0 Å². The van der Waals surface area contributed by atoms with Gasteiger partial charge in [-0.3, -0.25) is 4.79 Å². The Balaban J connectivity index is 2.01. The van der Waals surface area contributed by atoms with Crippen molar-refractivity contribution in [3.63, 3.8) is 0 Å². The molecule has 0 fully saturated rings. The van der Waals surface area contributed by atoms with Gasteiger partial charge in [0, 0.05) is 24.8 Å². The Bertz CT molecular complexity index is 721. The lowest BCUT2D eigenvalue weighted by molar-refractivity contribution is -0.118. The molecule has 0 saturated heterocycles. The van der Waals surface area contributed by atoms with E-state index in [1.165, 1.54) is 7.11 Å². The second kappa shape index (κ2) is 7.80. The largest absolute Gasteiger partial charge is 0.495 e. The molecule has 0 spiro atoms. The van der Waals surface area contributed by atoms with Gasteiger partial charge in [0.2, 0.25) is 11.8 Å². The number of nitrogens with two attached hydrogens (primary N) is 1. The van der Waals surface area contributed by atoms with Gasteiger partial charge in [-0.05, 0) is 30.5 Å². The smallest absolute Gasteiger partial charge is 0.219 e. The van der Waals surface area contributed by atoms with Crippen molar-refractivity contribution in [2.24, 2.45) is 5.73 Å². The zero-order valence-electron chi connectivity index (χ0n) is 12.8. The van der Waals surface area contributed by atoms with Gasteiger partial charge in [0.25, 0.3) is 0 Å². The molecule has 0 bridgehead atoms. The Morgan fingerprint density at radius 3 is 2.78 bits per heavy atom. The Hall–Kier alpha value is -3.07. The number of pyridine rings is 1. The van der Waals surface area contributed by atoms with Crippen LogP contribution >= 0.6 is 0 Å². The van der Waals surface area contributed by atoms with Gasteiger partial charge >= 0.3 is 0 Å². The fourth-order valence-corrected chi connectivity index (χ4v) is 2.03. The first-order valence-corrected chi connectivity index (χ1v) is 7.11. The van der Waals surface area contributed by atoms with Crippen molar-refractivity contribution in [1.29, 1.82) is 5.26 Å². The van der Waals surface area contributed by atoms with E-state index in [0.29, 0.717) is 35.8 Å². The number of ether oxygens (including phenoxy) is 2. The first kappa shape index (κ1) is 16.3. The Kier molecular flexibility index (Phi) is 5.53. The molecule has 1 amide bonds. The van der Waals surface area contributed by atoms with Gasteiger partial charge in [-0.1, -0.05) is 6.07 Å². The number of nitrogens with zero attached hydrogens (tertiary/aromatic N) is 2. The molecule has 1 aromatic heterocycles. The molecule has 0 aliphatic heterocycles. The highest BCUT2D eigenvalue weighted by molar-refractivity contribution is 5.73. The third kappa shape index (κ3) is 4.71. The first-order chi connectivity index (χ1) is 11.1. The number of carbonyl (C=O) groups is 1. The van der Waals surface area contributed by atoms with Gasteiger partial charge < -0.3 is 15.2 Å². The van der Waals surface area contributed by atoms with Crippen molar-refractivity contribution in [3.8, 4) is 23.4 Å². The van der Waals surface area contributed by atoms with Crippen LogP contribution in [-0.2, 0) is 11.2 Å². The third-order valence-electron chi connectivity index (χ3n) is 3.20. The maximum Gasteiger partial charge on any atom is 0.219 e. The predicted octanol–water partition coefficient (Wildman–Crippen LogP) is 2.56. The molecule has 0 saturated carbocycles. The SMILES string of the molecule is COc1cc(Oc2ccc(CCCC(N)=O)cn2)ccc1C#N. The minimum absolute atomic E-state index is 0.298. The summed E-state index contributed by atoms with van der Waals surface area (Å²) in [7, 11) is 1.50. The second-order valence-electron chi connectivity index (χ2n) is 4.90. The van der Waals surface area contributed by atoms with Crippen LogP contribution in [0.3, 0.4) is 0 Å². The number of aromatic nitrogens is 1. The summed E-state index contributed by atoms with van der Waals surface area (Å²) < 4.78 is 10.8. The molecule has 2 N–H and O–H groups in total. The fraction of sp³-hybridized carbons (Fsp3) is 0.235. The minimum Gasteiger partial charge on any atom is -0.495 e. The molecule has 2 aromatic rings. The average Bonchev–Trinajstić information content (AvgIpc) is 2.56. The topological polar surface area (TPSA) is 98.2 Å². The molecular weight excluding hydrogens is 294 g/mol. The molecule has 1 aromatic carbocycles. The standard InChI is InChI=1S/C17H17N3O3/c1-22-15-9-14(7-6-13(15)10-18)23-17-8-5-12(11-20-17)3-2-4-16(19)21/h5-9,11H,2-4H2,1H3,(H2,19,21). The zero-order chi connectivity index (χ0) is 16.7. The number of amides is 1. The third-order valence-corrected chi connectivity index (χ3v) is 3.20. The van der Waals surface area contributed by atoms with E-state index in [1.54, 1.807) is 30.5 Å². The normalized spacial score (nSPS) is 9.91. The number of aryl methyl sites for hydroxylation is 1. The molecule has 0 radical (unpaired) electrons. The summed E-state index contributed by atoms with van der Waals surface area (Å²) >= 11 is 0. The zero-order valence-corrected chi connectivity index (χ0v) is 12.8. The predicted molar refractivity (Wildman–Crippen MR) is 84.2 cm³/mol. The van der Waals surface area contributed by atoms with Gasteiger partial charge in [0.1, 0.15) is 17.6 Å². The van der Waals surface area contributed by atoms with Crippen LogP contribution in [0.5, 0.6) is 17.4 Å². The van der Waals surface area contributed by atoms with Crippen LogP contribution in [0.4, 0.5) is 0 Å². The van der Waals surface area contributed by atoms with E-state index in [0.717, 1.165) is 12.0 Å². The second-order valence-corrected chi connectivity index (χ2v) is 4.90. The number of primary amides is 1. The van der Waals surface area contributed by atoms with E-state index in [1.807, 2.05) is 12.1 Å². The maximum absolute atomic E-state index is 10.7. The lowest BCUT2D eigenvalue weighted by atomic mass is 10.1. The van der Waals surface area contributed by atoms with Gasteiger partial charge in [-0.15, -0.1) is 0 Å². The molecule has 0 aliphatic rings. The highest BCUT2D eigenvalue weighted by Gasteiger charge is 2.06. The molecule has 6 nitrogen and oxygen atoms in total. The highest BCUT2D eigenvalue weighted by Crippen LogP contribution is 2.27. The summed E-state index contributed by atoms with van der Waals surface area (Å²) in [6.45, 7) is 0. The summed E-state index contributed by atoms with van der Waals surface area (Å²) in [4.78, 5) is 14.9. The van der Waals surface area contributed by atoms with E-state index >= 15 is 0 Å². The number of hydrogen-bond donors (Lipinski definition) is 1. The number of nitriles is 1. The number of methoxy groups -OCH3 is 1. The average molecular weight is 311 g/mol. The molecule has 6 heteroatoms. The van der Waals surface area contributed by atoms with Crippen molar-refractivity contribution in [3.05, 3.63) is 47.7 Å². The van der Waals surface area contributed by atoms with Crippen molar-refractivity contribution in [2.75, 3.05) is 7.11 Å². The number of carbonyl (C=O) groups excluding carboxylic acids is 1. The summed E-state index contributed by atoms with van der Waals surface area (Å²) in [5.74, 6) is 1.13. The van der Waals surface area contributed by atoms with E-state index in [9.17, 15) is 4.79 Å². The Labute approximate surface area is 134 Å². The fourth-order valence-electron chi connectivity index (χ4n) is 2.03. The summed E-state index contributed by atoms with van der Waals surface area (Å²) in [6, 6.07) is 10.6. The van der Waals surface area contributed by atoms with E-state index < -0.39 is 0 Å². The van der Waals surface area contributed by atoms with Crippen LogP contribution < -0.4 is 15.2 Å². The van der Waals surface area contributed by atoms with E-state index in [2.05, 4.69) is 4.98 Å². The molecule has 0 aliphatic carbocycles. The van der Waals surface area contributed by atoms with Gasteiger partial charge in [-0.2, -0.15) is 5.26 Å². The number of hydrogen-bond acceptors (Lipinski definition) is 5. The molecule has 0 atom stereocenters. The quantitative estimate of drug-likeness (QED) is 0.847. The van der Waals surface area contributed by atoms with Crippen molar-refractivity contribution in [1.82, 2.24) is 4.98 Å². The molecule has 23 heavy (non-hydrogen) atoms. The van der Waals surface area contributed by atoms with Crippen molar-refractivity contribution >= 4 is 5.91 Å². The van der Waals surface area contributed by atoms with Crippen LogP contribution in [0, 0.1) is 11.3 Å². The van der Waals surface area contributed by atoms with Gasteiger partial charge in [0.15, 0.2) is 0 Å². The summed E-state index contributed by atoms with van der Waals surface area (Å²) in [5, 5.41) is 8.95. The first-order valence-electron chi connectivity index (χ1n) is 7.11. The maximum atomic E-state index is 10.7. The molecule has 118 valence electrons. The molecule has 1 heterocycles. The van der Waals surface area contributed by atoms with Crippen molar-refractivity contribution < 1.29 is 14.3 Å². The molecular formula is C17H17N3O3. The van der Waals surface area contributed by atoms with Crippen LogP contribution in [0.1, 0.15) is 24.0 Å².